The Morgan fingerprint density at radius 2 is 0.929 bits per heavy atom. The van der Waals surface area contributed by atoms with E-state index in [0.29, 0.717) is 42.5 Å². The Kier molecular flexibility index (Phi) is 83.7. The van der Waals surface area contributed by atoms with Crippen LogP contribution >= 0.6 is 0 Å². The lowest BCUT2D eigenvalue weighted by Crippen LogP contribution is -2.36. The zero-order valence-corrected chi connectivity index (χ0v) is 43.9. The molecule has 0 rings (SSSR count). The molecule has 0 fully saturated rings. The van der Waals surface area contributed by atoms with Crippen LogP contribution in [0.2, 0.25) is 0 Å². The lowest BCUT2D eigenvalue weighted by atomic mass is 10.0. The zero-order valence-electron chi connectivity index (χ0n) is 43.9. The number of nitrogens with one attached hydrogen (secondary N) is 3. The maximum atomic E-state index is 8.07. The minimum absolute atomic E-state index is 0.122. The number of methoxy groups -OCH3 is 1. The Hall–Kier alpha value is -0.320. The zero-order chi connectivity index (χ0) is 46.7. The maximum Gasteiger partial charge on any atom is 0.0697 e. The van der Waals surface area contributed by atoms with Crippen molar-refractivity contribution in [2.75, 3.05) is 60.3 Å². The van der Waals surface area contributed by atoms with Crippen molar-refractivity contribution >= 4 is 0 Å². The third kappa shape index (κ3) is 158. The van der Waals surface area contributed by atoms with Crippen molar-refractivity contribution in [2.24, 2.45) is 23.5 Å². The van der Waals surface area contributed by atoms with E-state index in [0.717, 1.165) is 37.3 Å². The van der Waals surface area contributed by atoms with Crippen LogP contribution in [-0.4, -0.2) is 93.2 Å². The van der Waals surface area contributed by atoms with E-state index in [1.165, 1.54) is 51.4 Å². The Morgan fingerprint density at radius 3 is 0.982 bits per heavy atom. The van der Waals surface area contributed by atoms with Crippen molar-refractivity contribution in [3.8, 4) is 0 Å². The number of aliphatic hydroxyl groups excluding tert-OH is 2. The van der Waals surface area contributed by atoms with E-state index in [9.17, 15) is 0 Å². The molecule has 56 heavy (non-hydrogen) atoms. The summed E-state index contributed by atoms with van der Waals surface area (Å²) in [5, 5.41) is 25.8. The van der Waals surface area contributed by atoms with Gasteiger partial charge in [0.15, 0.2) is 0 Å². The van der Waals surface area contributed by atoms with Gasteiger partial charge < -0.3 is 41.4 Å². The molecule has 0 heterocycles. The van der Waals surface area contributed by atoms with Crippen LogP contribution in [0.4, 0.5) is 0 Å². The average molecular weight is 815 g/mol. The number of ether oxygens (including phenoxy) is 2. The first-order valence-corrected chi connectivity index (χ1v) is 22.9. The molecule has 0 aliphatic heterocycles. The monoisotopic (exact) mass is 815 g/mol. The molecule has 8 heteroatoms. The number of hydrogen-bond donors (Lipinski definition) is 6. The van der Waals surface area contributed by atoms with Gasteiger partial charge >= 0.3 is 0 Å². The molecule has 2 unspecified atom stereocenters. The summed E-state index contributed by atoms with van der Waals surface area (Å²) >= 11 is 0. The number of rotatable bonds is 16. The lowest BCUT2D eigenvalue weighted by Gasteiger charge is -2.19. The van der Waals surface area contributed by atoms with Crippen molar-refractivity contribution in [1.29, 1.82) is 0 Å². The molecule has 0 bridgehead atoms. The summed E-state index contributed by atoms with van der Waals surface area (Å²) < 4.78 is 9.17. The van der Waals surface area contributed by atoms with E-state index in [4.69, 9.17) is 20.7 Å². The Morgan fingerprint density at radius 1 is 0.554 bits per heavy atom. The smallest absolute Gasteiger partial charge is 0.0697 e. The minimum atomic E-state index is 0.122. The average Bonchev–Trinajstić information content (AvgIpc) is 3.10. The Labute approximate surface area is 358 Å². The summed E-state index contributed by atoms with van der Waals surface area (Å²) in [6, 6.07) is 0.384. The second-order valence-electron chi connectivity index (χ2n) is 17.9. The van der Waals surface area contributed by atoms with E-state index >= 15 is 0 Å². The second kappa shape index (κ2) is 61.3. The van der Waals surface area contributed by atoms with E-state index in [-0.39, 0.29) is 13.2 Å². The van der Waals surface area contributed by atoms with Crippen LogP contribution in [0.5, 0.6) is 0 Å². The summed E-state index contributed by atoms with van der Waals surface area (Å²) in [6.07, 6.45) is 11.8. The molecule has 7 N–H and O–H groups in total. The summed E-state index contributed by atoms with van der Waals surface area (Å²) in [5.74, 6) is 2.78. The molecule has 0 saturated carbocycles. The molecule has 0 aromatic rings. The molecule has 0 aromatic carbocycles. The third-order valence-corrected chi connectivity index (χ3v) is 7.48. The third-order valence-electron chi connectivity index (χ3n) is 7.48. The molecule has 0 aliphatic rings. The standard InChI is InChI=1S/C7H17N.C7H16.C6H15N.2C6H14.C5H13N.C4H11N.C4H10O2.C3H8O2/c1-5-6-8-7(2,3)4;1-4-6-7(3)5-2;1-5-7-6(2,3)4;1-4-5-6(2)3;1-4-6(3)5-2;1-5(2,3)6-4;1-3-4(2)5;1-2-6-4-3-5;1-5-3-2-4/h8H,5-6H2,1-4H3;7H,4-6H2,1-3H3;7H,5H2,1-4H3;2*6H,4-5H2,1-3H3;6H,1-4H3;4H,3,5H2,1-2H3;5H,2-4H2,1H3;4H,2-3H2,1H3. The van der Waals surface area contributed by atoms with Crippen LogP contribution in [0, 0.1) is 17.8 Å². The van der Waals surface area contributed by atoms with Gasteiger partial charge in [0.1, 0.15) is 0 Å². The highest BCUT2D eigenvalue weighted by Crippen LogP contribution is 2.07. The summed E-state index contributed by atoms with van der Waals surface area (Å²) in [6.45, 7) is 54.0. The molecule has 354 valence electrons. The highest BCUT2D eigenvalue weighted by atomic mass is 16.5. The van der Waals surface area contributed by atoms with E-state index in [2.05, 4.69) is 166 Å². The van der Waals surface area contributed by atoms with Crippen LogP contribution in [0.25, 0.3) is 0 Å². The fraction of sp³-hybridized carbons (Fsp3) is 1.00. The van der Waals surface area contributed by atoms with Crippen LogP contribution in [0.1, 0.15) is 217 Å². The fourth-order valence-corrected chi connectivity index (χ4v) is 2.89. The van der Waals surface area contributed by atoms with Crippen LogP contribution in [0.3, 0.4) is 0 Å². The maximum absolute atomic E-state index is 8.07. The first-order chi connectivity index (χ1) is 25.7. The van der Waals surface area contributed by atoms with Gasteiger partial charge in [0, 0.05) is 36.4 Å². The van der Waals surface area contributed by atoms with Crippen molar-refractivity contribution in [3.63, 3.8) is 0 Å². The van der Waals surface area contributed by atoms with Crippen molar-refractivity contribution in [2.45, 2.75) is 240 Å². The van der Waals surface area contributed by atoms with Gasteiger partial charge in [-0.15, -0.1) is 0 Å². The normalized spacial score (nSPS) is 11.5. The van der Waals surface area contributed by atoms with Gasteiger partial charge in [-0.05, 0) is 127 Å². The van der Waals surface area contributed by atoms with Crippen LogP contribution < -0.4 is 21.7 Å². The van der Waals surface area contributed by atoms with Crippen molar-refractivity contribution < 1.29 is 19.7 Å². The van der Waals surface area contributed by atoms with Gasteiger partial charge in [0.25, 0.3) is 0 Å². The van der Waals surface area contributed by atoms with Gasteiger partial charge in [0.2, 0.25) is 0 Å². The first kappa shape index (κ1) is 76.4. The second-order valence-corrected chi connectivity index (χ2v) is 17.9. The van der Waals surface area contributed by atoms with Gasteiger partial charge in [-0.25, -0.2) is 0 Å². The molecule has 0 radical (unpaired) electrons. The van der Waals surface area contributed by atoms with E-state index < -0.39 is 0 Å². The molecule has 0 aromatic heterocycles. The Balaban J connectivity index is -0.0000000636. The molecule has 2 atom stereocenters. The topological polar surface area (TPSA) is 121 Å². The number of hydrogen-bond acceptors (Lipinski definition) is 8. The predicted molar refractivity (Wildman–Crippen MR) is 261 cm³/mol. The molecular formula is C48H118N4O4. The van der Waals surface area contributed by atoms with Crippen LogP contribution in [0.15, 0.2) is 0 Å². The molecule has 0 spiro atoms. The summed E-state index contributed by atoms with van der Waals surface area (Å²) in [7, 11) is 3.51. The van der Waals surface area contributed by atoms with E-state index in [1.54, 1.807) is 7.11 Å². The highest BCUT2D eigenvalue weighted by molar-refractivity contribution is 4.69. The fourth-order valence-electron chi connectivity index (χ4n) is 2.89. The highest BCUT2D eigenvalue weighted by Gasteiger charge is 2.06. The van der Waals surface area contributed by atoms with E-state index in [1.807, 2.05) is 20.9 Å². The molecule has 8 nitrogen and oxygen atoms in total. The summed E-state index contributed by atoms with van der Waals surface area (Å²) in [4.78, 5) is 0. The molecular weight excluding hydrogens is 697 g/mol. The SMILES string of the molecule is CCC(C)CC.CCC(C)N.CCCC(C)C.CCCC(C)CC.CCCNC(C)(C)C.CCNC(C)(C)C.CCOCCO.CNC(C)(C)C.COCCO. The first-order valence-electron chi connectivity index (χ1n) is 22.9. The Bertz CT molecular complexity index is 577. The predicted octanol–water partition coefficient (Wildman–Crippen LogP) is 12.3. The van der Waals surface area contributed by atoms with Crippen molar-refractivity contribution in [3.05, 3.63) is 0 Å². The van der Waals surface area contributed by atoms with Gasteiger partial charge in [-0.1, -0.05) is 128 Å². The lowest BCUT2D eigenvalue weighted by molar-refractivity contribution is 0.102. The molecule has 0 saturated heterocycles. The van der Waals surface area contributed by atoms with Crippen LogP contribution in [-0.2, 0) is 9.47 Å². The molecule has 0 amide bonds. The van der Waals surface area contributed by atoms with Gasteiger partial charge in [-0.2, -0.15) is 0 Å². The summed E-state index contributed by atoms with van der Waals surface area (Å²) in [5.41, 5.74) is 6.19. The number of nitrogens with two attached hydrogens (primary N) is 1. The number of aliphatic hydroxyl groups is 2. The minimum Gasteiger partial charge on any atom is -0.394 e. The van der Waals surface area contributed by atoms with Crippen molar-refractivity contribution in [1.82, 2.24) is 16.0 Å². The van der Waals surface area contributed by atoms with Gasteiger partial charge in [-0.3, -0.25) is 0 Å². The quantitative estimate of drug-likeness (QED) is 0.0852. The largest absolute Gasteiger partial charge is 0.394 e. The molecule has 0 aliphatic carbocycles. The van der Waals surface area contributed by atoms with Gasteiger partial charge in [0.05, 0.1) is 26.4 Å².